The number of amides is 1. The topological polar surface area (TPSA) is 29.1 Å². The summed E-state index contributed by atoms with van der Waals surface area (Å²) in [4.78, 5) is 11.0. The zero-order valence-electron chi connectivity index (χ0n) is 9.26. The van der Waals surface area contributed by atoms with Crippen molar-refractivity contribution in [2.24, 2.45) is 17.3 Å². The third-order valence-corrected chi connectivity index (χ3v) is 4.26. The van der Waals surface area contributed by atoms with Crippen molar-refractivity contribution in [1.82, 2.24) is 5.32 Å². The number of carbonyl (C=O) groups is 1. The summed E-state index contributed by atoms with van der Waals surface area (Å²) in [6.07, 6.45) is 2.36. The minimum absolute atomic E-state index is 0.0651. The summed E-state index contributed by atoms with van der Waals surface area (Å²) in [5, 5.41) is 2.99. The Bertz CT molecular complexity index is 293. The van der Waals surface area contributed by atoms with E-state index >= 15 is 0 Å². The molecule has 0 aliphatic heterocycles. The van der Waals surface area contributed by atoms with Crippen LogP contribution in [0.25, 0.3) is 0 Å². The molecule has 78 valence electrons. The van der Waals surface area contributed by atoms with Gasteiger partial charge in [0, 0.05) is 6.92 Å². The molecule has 3 aliphatic carbocycles. The molecule has 2 nitrogen and oxygen atoms in total. The second-order valence-electron chi connectivity index (χ2n) is 5.37. The maximum Gasteiger partial charge on any atom is 0.217 e. The SMILES string of the molecule is C=C1[C@H]2C[C@H](C[C@H]1NC(C)=O)C2(C)C. The largest absolute Gasteiger partial charge is 0.350 e. The predicted molar refractivity (Wildman–Crippen MR) is 56.7 cm³/mol. The van der Waals surface area contributed by atoms with Crippen molar-refractivity contribution in [3.8, 4) is 0 Å². The normalized spacial score (nSPS) is 38.8. The highest BCUT2D eigenvalue weighted by Crippen LogP contribution is 2.60. The van der Waals surface area contributed by atoms with E-state index in [1.54, 1.807) is 6.92 Å². The maximum atomic E-state index is 11.0. The van der Waals surface area contributed by atoms with E-state index in [0.29, 0.717) is 11.3 Å². The summed E-state index contributed by atoms with van der Waals surface area (Å²) in [5.41, 5.74) is 1.67. The lowest BCUT2D eigenvalue weighted by Crippen LogP contribution is -2.57. The highest BCUT2D eigenvalue weighted by Gasteiger charge is 2.54. The van der Waals surface area contributed by atoms with Crippen molar-refractivity contribution in [2.75, 3.05) is 0 Å². The van der Waals surface area contributed by atoms with Gasteiger partial charge in [0.15, 0.2) is 0 Å². The van der Waals surface area contributed by atoms with Crippen LogP contribution >= 0.6 is 0 Å². The third kappa shape index (κ3) is 1.20. The second kappa shape index (κ2) is 2.85. The fraction of sp³-hybridized carbons (Fsp3) is 0.750. The quantitative estimate of drug-likeness (QED) is 0.635. The molecule has 0 aromatic rings. The third-order valence-electron chi connectivity index (χ3n) is 4.26. The fourth-order valence-corrected chi connectivity index (χ4v) is 3.12. The minimum atomic E-state index is 0.0651. The van der Waals surface area contributed by atoms with Crippen LogP contribution in [0.5, 0.6) is 0 Å². The summed E-state index contributed by atoms with van der Waals surface area (Å²) in [6.45, 7) is 10.4. The van der Waals surface area contributed by atoms with Crippen molar-refractivity contribution < 1.29 is 4.79 Å². The molecule has 0 unspecified atom stereocenters. The summed E-state index contributed by atoms with van der Waals surface area (Å²) >= 11 is 0. The van der Waals surface area contributed by atoms with Crippen LogP contribution in [0, 0.1) is 17.3 Å². The molecule has 0 aromatic heterocycles. The molecule has 0 spiro atoms. The van der Waals surface area contributed by atoms with Gasteiger partial charge in [0.25, 0.3) is 0 Å². The van der Waals surface area contributed by atoms with Gasteiger partial charge in [-0.3, -0.25) is 4.79 Å². The Hall–Kier alpha value is -0.790. The van der Waals surface area contributed by atoms with Gasteiger partial charge in [-0.1, -0.05) is 26.0 Å². The van der Waals surface area contributed by atoms with E-state index in [9.17, 15) is 4.79 Å². The van der Waals surface area contributed by atoms with Gasteiger partial charge >= 0.3 is 0 Å². The van der Waals surface area contributed by atoms with Crippen LogP contribution in [-0.4, -0.2) is 11.9 Å². The molecule has 3 atom stereocenters. The molecule has 0 radical (unpaired) electrons. The number of carbonyl (C=O) groups excluding carboxylic acids is 1. The van der Waals surface area contributed by atoms with Crippen LogP contribution < -0.4 is 5.32 Å². The van der Waals surface area contributed by atoms with Gasteiger partial charge in [-0.25, -0.2) is 0 Å². The Morgan fingerprint density at radius 2 is 2.14 bits per heavy atom. The molecule has 1 amide bonds. The number of hydrogen-bond acceptors (Lipinski definition) is 1. The Balaban J connectivity index is 2.08. The number of rotatable bonds is 1. The van der Waals surface area contributed by atoms with E-state index in [4.69, 9.17) is 0 Å². The molecule has 0 aromatic carbocycles. The zero-order chi connectivity index (χ0) is 10.5. The first-order chi connectivity index (χ1) is 6.43. The van der Waals surface area contributed by atoms with E-state index in [0.717, 1.165) is 12.3 Å². The Morgan fingerprint density at radius 3 is 2.57 bits per heavy atom. The van der Waals surface area contributed by atoms with Crippen molar-refractivity contribution >= 4 is 5.91 Å². The van der Waals surface area contributed by atoms with Crippen LogP contribution in [-0.2, 0) is 4.79 Å². The van der Waals surface area contributed by atoms with Crippen LogP contribution in [0.15, 0.2) is 12.2 Å². The molecule has 3 rings (SSSR count). The number of hydrogen-bond donors (Lipinski definition) is 1. The standard InChI is InChI=1S/C12H19NO/c1-7-10-5-9(12(10,3)4)6-11(7)13-8(2)14/h9-11H,1,5-6H2,2-4H3,(H,13,14)/t9-,10-,11-/m1/s1. The van der Waals surface area contributed by atoms with Gasteiger partial charge in [0.2, 0.25) is 5.91 Å². The van der Waals surface area contributed by atoms with Crippen LogP contribution in [0.3, 0.4) is 0 Å². The molecule has 3 saturated carbocycles. The lowest BCUT2D eigenvalue weighted by atomic mass is 9.46. The maximum absolute atomic E-state index is 11.0. The lowest BCUT2D eigenvalue weighted by molar-refractivity contribution is -0.121. The smallest absolute Gasteiger partial charge is 0.217 e. The lowest BCUT2D eigenvalue weighted by Gasteiger charge is -2.60. The van der Waals surface area contributed by atoms with Crippen molar-refractivity contribution in [3.63, 3.8) is 0 Å². The molecule has 0 heterocycles. The Labute approximate surface area is 85.8 Å². The van der Waals surface area contributed by atoms with Crippen molar-refractivity contribution in [1.29, 1.82) is 0 Å². The Kier molecular flexibility index (Phi) is 1.98. The van der Waals surface area contributed by atoms with Gasteiger partial charge in [-0.05, 0) is 30.1 Å². The summed E-state index contributed by atoms with van der Waals surface area (Å²) in [6, 6.07) is 0.240. The second-order valence-corrected chi connectivity index (χ2v) is 5.37. The van der Waals surface area contributed by atoms with Crippen LogP contribution in [0.1, 0.15) is 33.6 Å². The molecule has 3 aliphatic rings. The van der Waals surface area contributed by atoms with Crippen LogP contribution in [0.2, 0.25) is 0 Å². The first-order valence-corrected chi connectivity index (χ1v) is 5.38. The first-order valence-electron chi connectivity index (χ1n) is 5.38. The fourth-order valence-electron chi connectivity index (χ4n) is 3.12. The van der Waals surface area contributed by atoms with Crippen molar-refractivity contribution in [3.05, 3.63) is 12.2 Å². The first kappa shape index (κ1) is 9.75. The van der Waals surface area contributed by atoms with E-state index in [-0.39, 0.29) is 11.9 Å². The highest BCUT2D eigenvalue weighted by molar-refractivity contribution is 5.73. The molecule has 0 saturated heterocycles. The average Bonchev–Trinajstić information content (AvgIpc) is 2.06. The van der Waals surface area contributed by atoms with Gasteiger partial charge in [0.05, 0.1) is 6.04 Å². The van der Waals surface area contributed by atoms with Crippen molar-refractivity contribution in [2.45, 2.75) is 39.7 Å². The van der Waals surface area contributed by atoms with E-state index < -0.39 is 0 Å². The molecular weight excluding hydrogens is 174 g/mol. The van der Waals surface area contributed by atoms with E-state index in [1.165, 1.54) is 12.0 Å². The van der Waals surface area contributed by atoms with Gasteiger partial charge in [-0.15, -0.1) is 0 Å². The molecule has 1 N–H and O–H groups in total. The molecular formula is C12H19NO. The van der Waals surface area contributed by atoms with Gasteiger partial charge in [0.1, 0.15) is 0 Å². The monoisotopic (exact) mass is 193 g/mol. The van der Waals surface area contributed by atoms with Gasteiger partial charge < -0.3 is 5.32 Å². The van der Waals surface area contributed by atoms with E-state index in [2.05, 4.69) is 25.7 Å². The molecule has 2 heteroatoms. The number of nitrogens with one attached hydrogen (secondary N) is 1. The summed E-state index contributed by atoms with van der Waals surface area (Å²) < 4.78 is 0. The summed E-state index contributed by atoms with van der Waals surface area (Å²) in [7, 11) is 0. The number of fused-ring (bicyclic) bond motifs is 2. The highest BCUT2D eigenvalue weighted by atomic mass is 16.1. The minimum Gasteiger partial charge on any atom is -0.350 e. The Morgan fingerprint density at radius 1 is 1.50 bits per heavy atom. The molecule has 3 fully saturated rings. The zero-order valence-corrected chi connectivity index (χ0v) is 9.26. The van der Waals surface area contributed by atoms with Crippen LogP contribution in [0.4, 0.5) is 0 Å². The molecule has 14 heavy (non-hydrogen) atoms. The molecule has 2 bridgehead atoms. The van der Waals surface area contributed by atoms with E-state index in [1.807, 2.05) is 0 Å². The predicted octanol–water partition coefficient (Wildman–Crippen LogP) is 2.11. The average molecular weight is 193 g/mol. The summed E-state index contributed by atoms with van der Waals surface area (Å²) in [5.74, 6) is 1.46. The van der Waals surface area contributed by atoms with Gasteiger partial charge in [-0.2, -0.15) is 0 Å².